The SMILES string of the molecule is Cc1c(NC(=O)c2nccs2)cccc1-c1ccc(C(N)=O)c2[nH]cc(C)c12. The zero-order valence-electron chi connectivity index (χ0n) is 15.4. The largest absolute Gasteiger partial charge is 0.366 e. The summed E-state index contributed by atoms with van der Waals surface area (Å²) in [7, 11) is 0. The Labute approximate surface area is 165 Å². The molecule has 4 aromatic rings. The highest BCUT2D eigenvalue weighted by Crippen LogP contribution is 2.36. The number of aromatic amines is 1. The van der Waals surface area contributed by atoms with Crippen molar-refractivity contribution >= 4 is 39.7 Å². The lowest BCUT2D eigenvalue weighted by Crippen LogP contribution is -2.13. The van der Waals surface area contributed by atoms with Crippen molar-refractivity contribution in [3.8, 4) is 11.1 Å². The first-order valence-electron chi connectivity index (χ1n) is 8.68. The van der Waals surface area contributed by atoms with Crippen LogP contribution in [0, 0.1) is 13.8 Å². The average Bonchev–Trinajstić information content (AvgIpc) is 3.33. The number of hydrogen-bond donors (Lipinski definition) is 3. The standard InChI is InChI=1S/C21H18N4O2S/c1-11-10-24-18-15(19(22)26)7-6-14(17(11)18)13-4-3-5-16(12(13)2)25-20(27)21-23-8-9-28-21/h3-10,24H,1-2H3,(H2,22,26)(H,25,27). The van der Waals surface area contributed by atoms with Crippen molar-refractivity contribution in [2.24, 2.45) is 5.73 Å². The molecule has 2 amide bonds. The molecule has 6 nitrogen and oxygen atoms in total. The Balaban J connectivity index is 1.83. The fraction of sp³-hybridized carbons (Fsp3) is 0.0952. The molecule has 0 aliphatic carbocycles. The number of H-pyrrole nitrogens is 1. The normalized spacial score (nSPS) is 10.9. The second-order valence-electron chi connectivity index (χ2n) is 6.52. The number of rotatable bonds is 4. The molecule has 140 valence electrons. The van der Waals surface area contributed by atoms with Gasteiger partial charge in [-0.3, -0.25) is 9.59 Å². The number of carbonyl (C=O) groups is 2. The van der Waals surface area contributed by atoms with Crippen LogP contribution in [-0.2, 0) is 0 Å². The second-order valence-corrected chi connectivity index (χ2v) is 7.41. The maximum absolute atomic E-state index is 12.4. The third kappa shape index (κ3) is 2.95. The van der Waals surface area contributed by atoms with Crippen molar-refractivity contribution in [1.82, 2.24) is 9.97 Å². The summed E-state index contributed by atoms with van der Waals surface area (Å²) in [5, 5.41) is 6.07. The zero-order chi connectivity index (χ0) is 19.8. The first-order valence-corrected chi connectivity index (χ1v) is 9.56. The molecule has 28 heavy (non-hydrogen) atoms. The number of nitrogens with two attached hydrogens (primary N) is 1. The first kappa shape index (κ1) is 17.9. The van der Waals surface area contributed by atoms with Crippen LogP contribution in [-0.4, -0.2) is 21.8 Å². The first-order chi connectivity index (χ1) is 13.5. The van der Waals surface area contributed by atoms with Crippen LogP contribution in [0.3, 0.4) is 0 Å². The van der Waals surface area contributed by atoms with Gasteiger partial charge in [0.05, 0.1) is 11.1 Å². The quantitative estimate of drug-likeness (QED) is 0.485. The number of fused-ring (bicyclic) bond motifs is 1. The molecule has 2 aromatic carbocycles. The lowest BCUT2D eigenvalue weighted by Gasteiger charge is -2.14. The Morgan fingerprint density at radius 2 is 1.96 bits per heavy atom. The van der Waals surface area contributed by atoms with Crippen LogP contribution < -0.4 is 11.1 Å². The number of thiazole rings is 1. The Morgan fingerprint density at radius 1 is 1.14 bits per heavy atom. The van der Waals surface area contributed by atoms with Gasteiger partial charge in [0.2, 0.25) is 0 Å². The molecule has 2 heterocycles. The molecule has 0 spiro atoms. The number of anilines is 1. The topological polar surface area (TPSA) is 101 Å². The molecule has 0 aliphatic heterocycles. The molecule has 0 radical (unpaired) electrons. The fourth-order valence-corrected chi connectivity index (χ4v) is 3.95. The van der Waals surface area contributed by atoms with Crippen molar-refractivity contribution in [2.45, 2.75) is 13.8 Å². The highest BCUT2D eigenvalue weighted by atomic mass is 32.1. The lowest BCUT2D eigenvalue weighted by molar-refractivity contribution is 0.0998. The van der Waals surface area contributed by atoms with Gasteiger partial charge in [-0.25, -0.2) is 4.98 Å². The van der Waals surface area contributed by atoms with Gasteiger partial charge >= 0.3 is 0 Å². The Bertz CT molecular complexity index is 1210. The zero-order valence-corrected chi connectivity index (χ0v) is 16.2. The van der Waals surface area contributed by atoms with Gasteiger partial charge < -0.3 is 16.0 Å². The van der Waals surface area contributed by atoms with Gasteiger partial charge in [-0.1, -0.05) is 18.2 Å². The predicted octanol–water partition coefficient (Wildman–Crippen LogP) is 4.26. The molecule has 0 fully saturated rings. The van der Waals surface area contributed by atoms with Gasteiger partial charge in [-0.15, -0.1) is 11.3 Å². The molecule has 4 N–H and O–H groups in total. The summed E-state index contributed by atoms with van der Waals surface area (Å²) in [4.78, 5) is 31.4. The summed E-state index contributed by atoms with van der Waals surface area (Å²) in [6, 6.07) is 9.40. The molecule has 0 aliphatic rings. The van der Waals surface area contributed by atoms with Crippen LogP contribution in [0.4, 0.5) is 5.69 Å². The van der Waals surface area contributed by atoms with Crippen molar-refractivity contribution in [3.05, 3.63) is 69.8 Å². The van der Waals surface area contributed by atoms with E-state index in [1.807, 2.05) is 44.3 Å². The summed E-state index contributed by atoms with van der Waals surface area (Å²) >= 11 is 1.29. The van der Waals surface area contributed by atoms with E-state index in [-0.39, 0.29) is 5.91 Å². The van der Waals surface area contributed by atoms with E-state index in [2.05, 4.69) is 15.3 Å². The molecule has 7 heteroatoms. The minimum Gasteiger partial charge on any atom is -0.366 e. The molecule has 0 saturated heterocycles. The second kappa shape index (κ2) is 6.94. The summed E-state index contributed by atoms with van der Waals surface area (Å²) in [6.07, 6.45) is 3.47. The number of benzene rings is 2. The predicted molar refractivity (Wildman–Crippen MR) is 112 cm³/mol. The van der Waals surface area contributed by atoms with Crippen LogP contribution >= 0.6 is 11.3 Å². The van der Waals surface area contributed by atoms with Gasteiger partial charge in [0.1, 0.15) is 0 Å². The number of nitrogens with zero attached hydrogens (tertiary/aromatic N) is 1. The summed E-state index contributed by atoms with van der Waals surface area (Å²) < 4.78 is 0. The highest BCUT2D eigenvalue weighted by Gasteiger charge is 2.17. The number of aryl methyl sites for hydroxylation is 1. The van der Waals surface area contributed by atoms with E-state index < -0.39 is 5.91 Å². The third-order valence-corrected chi connectivity index (χ3v) is 5.57. The monoisotopic (exact) mass is 390 g/mol. The molecule has 0 atom stereocenters. The van der Waals surface area contributed by atoms with Crippen molar-refractivity contribution < 1.29 is 9.59 Å². The van der Waals surface area contributed by atoms with E-state index in [0.717, 1.165) is 38.8 Å². The Hall–Kier alpha value is -3.45. The van der Waals surface area contributed by atoms with E-state index in [1.54, 1.807) is 17.6 Å². The number of amides is 2. The molecule has 4 rings (SSSR count). The number of primary amides is 1. The fourth-order valence-electron chi connectivity index (χ4n) is 3.42. The maximum atomic E-state index is 12.4. The van der Waals surface area contributed by atoms with Gasteiger partial charge in [-0.2, -0.15) is 0 Å². The third-order valence-electron chi connectivity index (χ3n) is 4.80. The minimum atomic E-state index is -0.473. The van der Waals surface area contributed by atoms with Crippen molar-refractivity contribution in [2.75, 3.05) is 5.32 Å². The van der Waals surface area contributed by atoms with E-state index in [4.69, 9.17) is 5.73 Å². The van der Waals surface area contributed by atoms with Crippen LogP contribution in [0.5, 0.6) is 0 Å². The van der Waals surface area contributed by atoms with Crippen molar-refractivity contribution in [3.63, 3.8) is 0 Å². The highest BCUT2D eigenvalue weighted by molar-refractivity contribution is 7.11. The van der Waals surface area contributed by atoms with Gasteiger partial charge in [0.15, 0.2) is 5.01 Å². The van der Waals surface area contributed by atoms with Crippen molar-refractivity contribution in [1.29, 1.82) is 0 Å². The number of carbonyl (C=O) groups excluding carboxylic acids is 2. The molecule has 0 bridgehead atoms. The number of hydrogen-bond acceptors (Lipinski definition) is 4. The average molecular weight is 390 g/mol. The van der Waals surface area contributed by atoms with Crippen LogP contribution in [0.1, 0.15) is 31.3 Å². The summed E-state index contributed by atoms with van der Waals surface area (Å²) in [5.74, 6) is -0.707. The maximum Gasteiger partial charge on any atom is 0.284 e. The van der Waals surface area contributed by atoms with Crippen LogP contribution in [0.25, 0.3) is 22.0 Å². The molecule has 2 aromatic heterocycles. The Morgan fingerprint density at radius 3 is 2.68 bits per heavy atom. The van der Waals surface area contributed by atoms with Crippen LogP contribution in [0.2, 0.25) is 0 Å². The smallest absolute Gasteiger partial charge is 0.284 e. The molecular weight excluding hydrogens is 372 g/mol. The molecule has 0 saturated carbocycles. The van der Waals surface area contributed by atoms with E-state index in [1.165, 1.54) is 11.3 Å². The minimum absolute atomic E-state index is 0.234. The molecular formula is C21H18N4O2S. The van der Waals surface area contributed by atoms with Crippen LogP contribution in [0.15, 0.2) is 48.1 Å². The number of nitrogens with one attached hydrogen (secondary N) is 2. The van der Waals surface area contributed by atoms with Gasteiger partial charge in [-0.05, 0) is 48.2 Å². The summed E-state index contributed by atoms with van der Waals surface area (Å²) in [6.45, 7) is 3.94. The van der Waals surface area contributed by atoms with Gasteiger partial charge in [0.25, 0.3) is 11.8 Å². The van der Waals surface area contributed by atoms with Gasteiger partial charge in [0, 0.05) is 28.8 Å². The van der Waals surface area contributed by atoms with E-state index in [0.29, 0.717) is 10.6 Å². The van der Waals surface area contributed by atoms with E-state index in [9.17, 15) is 9.59 Å². The van der Waals surface area contributed by atoms with E-state index >= 15 is 0 Å². The molecule has 0 unspecified atom stereocenters. The number of aromatic nitrogens is 2. The Kier molecular flexibility index (Phi) is 4.44. The summed E-state index contributed by atoms with van der Waals surface area (Å²) in [5.41, 5.74) is 11.3. The lowest BCUT2D eigenvalue weighted by atomic mass is 9.93.